The highest BCUT2D eigenvalue weighted by Crippen LogP contribution is 2.18. The van der Waals surface area contributed by atoms with Gasteiger partial charge in [0, 0.05) is 7.11 Å². The lowest BCUT2D eigenvalue weighted by molar-refractivity contribution is -0.126. The molecule has 1 aromatic rings. The molecule has 0 fully saturated rings. The van der Waals surface area contributed by atoms with Crippen LogP contribution in [0.25, 0.3) is 0 Å². The number of rotatable bonds is 8. The van der Waals surface area contributed by atoms with Crippen molar-refractivity contribution in [3.05, 3.63) is 29.8 Å². The van der Waals surface area contributed by atoms with Crippen LogP contribution in [0.4, 0.5) is 0 Å². The lowest BCUT2D eigenvalue weighted by Gasteiger charge is -2.15. The molecule has 0 saturated carbocycles. The van der Waals surface area contributed by atoms with Gasteiger partial charge < -0.3 is 19.5 Å². The fourth-order valence-electron chi connectivity index (χ4n) is 1.58. The van der Waals surface area contributed by atoms with Crippen molar-refractivity contribution in [2.45, 2.75) is 13.0 Å². The molecule has 0 aliphatic rings. The standard InChI is InChI=1S/C14H21NO4/c1-11(12-5-4-6-13(9-12)18-3)15-14(16)10-19-8-7-17-2/h4-6,9,11H,7-8,10H2,1-3H3,(H,15,16)/t11-/m0/s1. The van der Waals surface area contributed by atoms with Crippen LogP contribution in [-0.4, -0.2) is 39.9 Å². The fraction of sp³-hybridized carbons (Fsp3) is 0.500. The minimum atomic E-state index is -0.147. The topological polar surface area (TPSA) is 56.8 Å². The Hall–Kier alpha value is -1.59. The summed E-state index contributed by atoms with van der Waals surface area (Å²) in [5.41, 5.74) is 0.990. The number of hydrogen-bond donors (Lipinski definition) is 1. The molecule has 1 atom stereocenters. The average molecular weight is 267 g/mol. The minimum Gasteiger partial charge on any atom is -0.497 e. The number of ether oxygens (including phenoxy) is 3. The van der Waals surface area contributed by atoms with Crippen molar-refractivity contribution in [3.8, 4) is 5.75 Å². The number of nitrogens with one attached hydrogen (secondary N) is 1. The minimum absolute atomic E-state index is 0.0394. The Morgan fingerprint density at radius 1 is 1.32 bits per heavy atom. The molecule has 0 aliphatic heterocycles. The summed E-state index contributed by atoms with van der Waals surface area (Å²) in [5.74, 6) is 0.626. The van der Waals surface area contributed by atoms with Gasteiger partial charge in [-0.1, -0.05) is 12.1 Å². The van der Waals surface area contributed by atoms with E-state index in [1.807, 2.05) is 31.2 Å². The highest BCUT2D eigenvalue weighted by atomic mass is 16.5. The van der Waals surface area contributed by atoms with Crippen LogP contribution in [0.3, 0.4) is 0 Å². The molecule has 0 unspecified atom stereocenters. The first-order chi connectivity index (χ1) is 9.17. The van der Waals surface area contributed by atoms with Gasteiger partial charge in [0.1, 0.15) is 12.4 Å². The molecular weight excluding hydrogens is 246 g/mol. The third-order valence-corrected chi connectivity index (χ3v) is 2.64. The van der Waals surface area contributed by atoms with Gasteiger partial charge in [-0.3, -0.25) is 4.79 Å². The van der Waals surface area contributed by atoms with Gasteiger partial charge in [0.2, 0.25) is 5.91 Å². The summed E-state index contributed by atoms with van der Waals surface area (Å²) >= 11 is 0. The van der Waals surface area contributed by atoms with E-state index >= 15 is 0 Å². The van der Waals surface area contributed by atoms with Gasteiger partial charge in [-0.2, -0.15) is 0 Å². The third kappa shape index (κ3) is 5.72. The van der Waals surface area contributed by atoms with E-state index < -0.39 is 0 Å². The van der Waals surface area contributed by atoms with Gasteiger partial charge in [0.05, 0.1) is 26.4 Å². The maximum absolute atomic E-state index is 11.6. The molecule has 5 heteroatoms. The molecule has 1 N–H and O–H groups in total. The van der Waals surface area contributed by atoms with Crippen molar-refractivity contribution < 1.29 is 19.0 Å². The van der Waals surface area contributed by atoms with E-state index in [1.165, 1.54) is 0 Å². The van der Waals surface area contributed by atoms with Gasteiger partial charge in [0.25, 0.3) is 0 Å². The van der Waals surface area contributed by atoms with Gasteiger partial charge in [-0.25, -0.2) is 0 Å². The summed E-state index contributed by atoms with van der Waals surface area (Å²) in [6.07, 6.45) is 0. The number of hydrogen-bond acceptors (Lipinski definition) is 4. The second-order valence-electron chi connectivity index (χ2n) is 4.11. The van der Waals surface area contributed by atoms with E-state index in [1.54, 1.807) is 14.2 Å². The quantitative estimate of drug-likeness (QED) is 0.726. The Morgan fingerprint density at radius 2 is 2.11 bits per heavy atom. The molecule has 0 bridgehead atoms. The monoisotopic (exact) mass is 267 g/mol. The molecular formula is C14H21NO4. The molecule has 0 heterocycles. The van der Waals surface area contributed by atoms with Crippen LogP contribution < -0.4 is 10.1 Å². The Morgan fingerprint density at radius 3 is 2.79 bits per heavy atom. The Bertz CT molecular complexity index is 395. The molecule has 0 radical (unpaired) electrons. The molecule has 19 heavy (non-hydrogen) atoms. The van der Waals surface area contributed by atoms with Crippen LogP contribution in [-0.2, 0) is 14.3 Å². The molecule has 0 saturated heterocycles. The third-order valence-electron chi connectivity index (χ3n) is 2.64. The van der Waals surface area contributed by atoms with Crippen molar-refractivity contribution in [3.63, 3.8) is 0 Å². The molecule has 0 spiro atoms. The molecule has 106 valence electrons. The van der Waals surface area contributed by atoms with E-state index in [0.29, 0.717) is 13.2 Å². The Labute approximate surface area is 113 Å². The first-order valence-electron chi connectivity index (χ1n) is 6.17. The van der Waals surface area contributed by atoms with Gasteiger partial charge >= 0.3 is 0 Å². The molecule has 1 aromatic carbocycles. The van der Waals surface area contributed by atoms with Crippen molar-refractivity contribution in [1.29, 1.82) is 0 Å². The summed E-state index contributed by atoms with van der Waals surface area (Å²) in [6.45, 7) is 2.86. The maximum Gasteiger partial charge on any atom is 0.246 e. The number of carbonyl (C=O) groups is 1. The molecule has 0 aliphatic carbocycles. The predicted octanol–water partition coefficient (Wildman–Crippen LogP) is 1.54. The molecule has 1 amide bonds. The first-order valence-corrected chi connectivity index (χ1v) is 6.17. The summed E-state index contributed by atoms with van der Waals surface area (Å²) < 4.78 is 15.1. The summed E-state index contributed by atoms with van der Waals surface area (Å²) in [7, 11) is 3.21. The second kappa shape index (κ2) is 8.50. The van der Waals surface area contributed by atoms with Crippen LogP contribution in [0.5, 0.6) is 5.75 Å². The van der Waals surface area contributed by atoms with Crippen LogP contribution in [0.1, 0.15) is 18.5 Å². The zero-order valence-corrected chi connectivity index (χ0v) is 11.6. The lowest BCUT2D eigenvalue weighted by atomic mass is 10.1. The van der Waals surface area contributed by atoms with Crippen LogP contribution >= 0.6 is 0 Å². The van der Waals surface area contributed by atoms with Crippen LogP contribution in [0.15, 0.2) is 24.3 Å². The second-order valence-corrected chi connectivity index (χ2v) is 4.11. The zero-order chi connectivity index (χ0) is 14.1. The molecule has 0 aromatic heterocycles. The number of benzene rings is 1. The highest BCUT2D eigenvalue weighted by Gasteiger charge is 2.10. The van der Waals surface area contributed by atoms with Gasteiger partial charge in [0.15, 0.2) is 0 Å². The maximum atomic E-state index is 11.6. The molecule has 5 nitrogen and oxygen atoms in total. The van der Waals surface area contributed by atoms with Gasteiger partial charge in [-0.15, -0.1) is 0 Å². The van der Waals surface area contributed by atoms with E-state index in [2.05, 4.69) is 5.32 Å². The first kappa shape index (κ1) is 15.5. The molecule has 1 rings (SSSR count). The van der Waals surface area contributed by atoms with Crippen molar-refractivity contribution in [2.75, 3.05) is 34.0 Å². The zero-order valence-electron chi connectivity index (χ0n) is 11.6. The number of amides is 1. The Kier molecular flexibility index (Phi) is 6.92. The van der Waals surface area contributed by atoms with Gasteiger partial charge in [-0.05, 0) is 24.6 Å². The summed E-state index contributed by atoms with van der Waals surface area (Å²) in [5, 5.41) is 2.86. The smallest absolute Gasteiger partial charge is 0.246 e. The Balaban J connectivity index is 2.40. The summed E-state index contributed by atoms with van der Waals surface area (Å²) in [4.78, 5) is 11.6. The van der Waals surface area contributed by atoms with Crippen molar-refractivity contribution in [2.24, 2.45) is 0 Å². The SMILES string of the molecule is COCCOCC(=O)N[C@@H](C)c1cccc(OC)c1. The number of carbonyl (C=O) groups excluding carboxylic acids is 1. The van der Waals surface area contributed by atoms with Crippen molar-refractivity contribution in [1.82, 2.24) is 5.32 Å². The average Bonchev–Trinajstić information content (AvgIpc) is 2.43. The van der Waals surface area contributed by atoms with Crippen LogP contribution in [0, 0.1) is 0 Å². The fourth-order valence-corrected chi connectivity index (χ4v) is 1.58. The van der Waals surface area contributed by atoms with E-state index in [9.17, 15) is 4.79 Å². The van der Waals surface area contributed by atoms with Crippen LogP contribution in [0.2, 0.25) is 0 Å². The largest absolute Gasteiger partial charge is 0.497 e. The van der Waals surface area contributed by atoms with E-state index in [4.69, 9.17) is 14.2 Å². The predicted molar refractivity (Wildman–Crippen MR) is 72.2 cm³/mol. The van der Waals surface area contributed by atoms with E-state index in [0.717, 1.165) is 11.3 Å². The van der Waals surface area contributed by atoms with E-state index in [-0.39, 0.29) is 18.6 Å². The normalized spacial score (nSPS) is 11.9. The van der Waals surface area contributed by atoms with Crippen molar-refractivity contribution >= 4 is 5.91 Å². The number of methoxy groups -OCH3 is 2. The lowest BCUT2D eigenvalue weighted by Crippen LogP contribution is -2.30. The highest BCUT2D eigenvalue weighted by molar-refractivity contribution is 5.77. The summed E-state index contributed by atoms with van der Waals surface area (Å²) in [6, 6.07) is 7.52.